The first-order valence-corrected chi connectivity index (χ1v) is 8.51. The van der Waals surface area contributed by atoms with E-state index < -0.39 is 0 Å². The maximum Gasteiger partial charge on any atom is 0.230 e. The molecule has 0 aromatic heterocycles. The number of rotatable bonds is 5. The fourth-order valence-corrected chi connectivity index (χ4v) is 2.42. The van der Waals surface area contributed by atoms with Crippen LogP contribution in [0, 0.1) is 5.92 Å². The van der Waals surface area contributed by atoms with Crippen LogP contribution in [0.2, 0.25) is 0 Å². The zero-order chi connectivity index (χ0) is 16.7. The average Bonchev–Trinajstić information content (AvgIpc) is 2.59. The van der Waals surface area contributed by atoms with E-state index in [9.17, 15) is 4.79 Å². The van der Waals surface area contributed by atoms with Crippen LogP contribution >= 0.6 is 0 Å². The van der Waals surface area contributed by atoms with Crippen molar-refractivity contribution in [2.24, 2.45) is 5.92 Å². The maximum atomic E-state index is 12.4. The van der Waals surface area contributed by atoms with Crippen LogP contribution in [-0.2, 0) is 4.79 Å². The first kappa shape index (κ1) is 22.0. The van der Waals surface area contributed by atoms with E-state index in [1.165, 1.54) is 19.3 Å². The van der Waals surface area contributed by atoms with Gasteiger partial charge in [0.15, 0.2) is 0 Å². The zero-order valence-corrected chi connectivity index (χ0v) is 14.8. The van der Waals surface area contributed by atoms with Crippen molar-refractivity contribution in [1.82, 2.24) is 4.90 Å². The number of nitrogens with zero attached hydrogens (tertiary/aromatic N) is 1. The van der Waals surface area contributed by atoms with Gasteiger partial charge in [-0.15, -0.1) is 0 Å². The number of hydrogen-bond acceptors (Lipinski definition) is 1. The van der Waals surface area contributed by atoms with E-state index in [0.29, 0.717) is 6.54 Å². The minimum atomic E-state index is 0.205. The lowest BCUT2D eigenvalue weighted by Crippen LogP contribution is -2.35. The highest BCUT2D eigenvalue weighted by Crippen LogP contribution is 2.26. The fraction of sp³-hybridized carbons (Fsp3) is 0.632. The molecule has 0 aliphatic heterocycles. The summed E-state index contributed by atoms with van der Waals surface area (Å²) in [5.74, 6) is 0.456. The second-order valence-electron chi connectivity index (χ2n) is 4.45. The number of amides is 1. The summed E-state index contributed by atoms with van der Waals surface area (Å²) in [6, 6.07) is 0. The Morgan fingerprint density at radius 2 is 1.62 bits per heavy atom. The molecule has 0 atom stereocenters. The number of carbonyl (C=O) groups excluding carboxylic acids is 1. The van der Waals surface area contributed by atoms with Crippen molar-refractivity contribution in [2.75, 3.05) is 6.54 Å². The number of carbonyl (C=O) groups is 1. The van der Waals surface area contributed by atoms with Crippen LogP contribution in [0.25, 0.3) is 0 Å². The summed E-state index contributed by atoms with van der Waals surface area (Å²) in [6.07, 6.45) is 11.0. The van der Waals surface area contributed by atoms with Crippen molar-refractivity contribution in [3.8, 4) is 0 Å². The number of hydrogen-bond donors (Lipinski definition) is 0. The Morgan fingerprint density at radius 3 is 2.00 bits per heavy atom. The smallest absolute Gasteiger partial charge is 0.230 e. The third-order valence-electron chi connectivity index (χ3n) is 3.35. The second-order valence-corrected chi connectivity index (χ2v) is 4.45. The molecule has 1 amide bonds. The normalized spacial score (nSPS) is 14.8. The Hall–Kier alpha value is -1.31. The van der Waals surface area contributed by atoms with Crippen LogP contribution in [0.15, 0.2) is 37.1 Å². The Labute approximate surface area is 132 Å². The van der Waals surface area contributed by atoms with Gasteiger partial charge in [0.1, 0.15) is 0 Å². The molecule has 1 saturated carbocycles. The van der Waals surface area contributed by atoms with Gasteiger partial charge in [0.25, 0.3) is 0 Å². The molecule has 1 rings (SSSR count). The monoisotopic (exact) mass is 293 g/mol. The third-order valence-corrected chi connectivity index (χ3v) is 3.35. The zero-order valence-electron chi connectivity index (χ0n) is 14.8. The van der Waals surface area contributed by atoms with Gasteiger partial charge in [0.2, 0.25) is 5.91 Å². The topological polar surface area (TPSA) is 20.3 Å². The highest BCUT2D eigenvalue weighted by Gasteiger charge is 2.25. The first-order valence-electron chi connectivity index (χ1n) is 8.51. The number of likely N-dealkylation sites (N-methyl/N-ethyl adjacent to an activating group) is 1. The standard InChI is InChI=1S/C15H23NO.2C2H6/c1-4-10-14(5-2)16(6-3)15(17)13-11-8-7-9-12-13;2*1-2/h4-5,10,13H,1-2,6-9,11-12H2,3H3;2*1-2H3/b14-10+;;. The van der Waals surface area contributed by atoms with Gasteiger partial charge in [-0.3, -0.25) is 4.79 Å². The molecule has 21 heavy (non-hydrogen) atoms. The Balaban J connectivity index is 0. The van der Waals surface area contributed by atoms with E-state index in [-0.39, 0.29) is 11.8 Å². The molecule has 0 heterocycles. The largest absolute Gasteiger partial charge is 0.312 e. The lowest BCUT2D eigenvalue weighted by atomic mass is 9.88. The lowest BCUT2D eigenvalue weighted by Gasteiger charge is -2.29. The van der Waals surface area contributed by atoms with Gasteiger partial charge >= 0.3 is 0 Å². The lowest BCUT2D eigenvalue weighted by molar-refractivity contribution is -0.134. The van der Waals surface area contributed by atoms with Crippen LogP contribution in [0.4, 0.5) is 0 Å². The van der Waals surface area contributed by atoms with Gasteiger partial charge in [-0.1, -0.05) is 66.2 Å². The van der Waals surface area contributed by atoms with Crippen LogP contribution in [0.1, 0.15) is 66.7 Å². The molecule has 1 aliphatic rings. The second kappa shape index (κ2) is 15.1. The van der Waals surface area contributed by atoms with Crippen molar-refractivity contribution in [3.05, 3.63) is 37.1 Å². The highest BCUT2D eigenvalue weighted by molar-refractivity contribution is 5.81. The summed E-state index contributed by atoms with van der Waals surface area (Å²) in [7, 11) is 0. The molecule has 1 fully saturated rings. The molecule has 0 spiro atoms. The summed E-state index contributed by atoms with van der Waals surface area (Å²) in [5, 5.41) is 0. The van der Waals surface area contributed by atoms with Crippen molar-refractivity contribution < 1.29 is 4.79 Å². The van der Waals surface area contributed by atoms with E-state index in [1.807, 2.05) is 45.6 Å². The molecule has 0 unspecified atom stereocenters. The molecule has 0 N–H and O–H groups in total. The summed E-state index contributed by atoms with van der Waals surface area (Å²) in [5.41, 5.74) is 0.859. The molecule has 0 aromatic carbocycles. The molecule has 1 aliphatic carbocycles. The van der Waals surface area contributed by atoms with Crippen LogP contribution < -0.4 is 0 Å². The molecule has 0 aromatic rings. The van der Waals surface area contributed by atoms with Gasteiger partial charge < -0.3 is 4.90 Å². The molecule has 0 bridgehead atoms. The minimum absolute atomic E-state index is 0.205. The summed E-state index contributed by atoms with van der Waals surface area (Å²) in [6.45, 7) is 18.1. The van der Waals surface area contributed by atoms with Crippen LogP contribution in [-0.4, -0.2) is 17.4 Å². The fourth-order valence-electron chi connectivity index (χ4n) is 2.42. The molecule has 2 heteroatoms. The highest BCUT2D eigenvalue weighted by atomic mass is 16.2. The van der Waals surface area contributed by atoms with E-state index in [2.05, 4.69) is 13.2 Å². The predicted molar refractivity (Wildman–Crippen MR) is 95.1 cm³/mol. The minimum Gasteiger partial charge on any atom is -0.312 e. The van der Waals surface area contributed by atoms with Gasteiger partial charge in [-0.2, -0.15) is 0 Å². The van der Waals surface area contributed by atoms with E-state index in [1.54, 1.807) is 12.2 Å². The van der Waals surface area contributed by atoms with Crippen molar-refractivity contribution >= 4 is 5.91 Å². The maximum absolute atomic E-state index is 12.4. The van der Waals surface area contributed by atoms with Crippen LogP contribution in [0.5, 0.6) is 0 Å². The van der Waals surface area contributed by atoms with Gasteiger partial charge in [0.05, 0.1) is 0 Å². The summed E-state index contributed by atoms with van der Waals surface area (Å²) >= 11 is 0. The van der Waals surface area contributed by atoms with Gasteiger partial charge in [-0.25, -0.2) is 0 Å². The third kappa shape index (κ3) is 7.89. The Bertz CT molecular complexity index is 312. The summed E-state index contributed by atoms with van der Waals surface area (Å²) in [4.78, 5) is 14.2. The van der Waals surface area contributed by atoms with Crippen molar-refractivity contribution in [3.63, 3.8) is 0 Å². The Morgan fingerprint density at radius 1 is 1.10 bits per heavy atom. The quantitative estimate of drug-likeness (QED) is 0.593. The summed E-state index contributed by atoms with van der Waals surface area (Å²) < 4.78 is 0. The molecular formula is C19H35NO. The Kier molecular flexibility index (Phi) is 15.8. The van der Waals surface area contributed by atoms with E-state index >= 15 is 0 Å². The molecule has 122 valence electrons. The molecular weight excluding hydrogens is 258 g/mol. The molecule has 0 saturated heterocycles. The predicted octanol–water partition coefficient (Wildman–Crippen LogP) is 5.72. The SMILES string of the molecule is C=C/C=C(\C=C)N(CC)C(=O)C1CCCCC1.CC.CC. The van der Waals surface area contributed by atoms with Crippen LogP contribution in [0.3, 0.4) is 0 Å². The van der Waals surface area contributed by atoms with Crippen molar-refractivity contribution in [1.29, 1.82) is 0 Å². The van der Waals surface area contributed by atoms with Gasteiger partial charge in [0, 0.05) is 18.2 Å². The first-order chi connectivity index (χ1) is 10.2. The van der Waals surface area contributed by atoms with Crippen molar-refractivity contribution in [2.45, 2.75) is 66.7 Å². The number of allylic oxidation sites excluding steroid dienone is 3. The average molecular weight is 293 g/mol. The molecule has 2 nitrogen and oxygen atoms in total. The van der Waals surface area contributed by atoms with Gasteiger partial charge in [-0.05, 0) is 31.9 Å². The van der Waals surface area contributed by atoms with E-state index in [0.717, 1.165) is 18.5 Å². The molecule has 0 radical (unpaired) electrons. The van der Waals surface area contributed by atoms with E-state index in [4.69, 9.17) is 0 Å².